The van der Waals surface area contributed by atoms with Crippen LogP contribution in [0, 0.1) is 5.41 Å². The van der Waals surface area contributed by atoms with Gasteiger partial charge in [0.1, 0.15) is 0 Å². The molecule has 0 aliphatic heterocycles. The molecule has 1 unspecified atom stereocenters. The molecule has 0 saturated heterocycles. The number of nitrogens with zero attached hydrogens (tertiary/aromatic N) is 1. The summed E-state index contributed by atoms with van der Waals surface area (Å²) < 4.78 is 0. The van der Waals surface area contributed by atoms with E-state index < -0.39 is 11.0 Å². The summed E-state index contributed by atoms with van der Waals surface area (Å²) >= 11 is 0. The van der Waals surface area contributed by atoms with E-state index >= 15 is 0 Å². The van der Waals surface area contributed by atoms with Crippen LogP contribution < -0.4 is 5.73 Å². The Morgan fingerprint density at radius 3 is 1.94 bits per heavy atom. The second kappa shape index (κ2) is 5.17. The maximum Gasteiger partial charge on any atom is 0.230 e. The standard InChI is InChI=1S/C13H28N2O/c1-8-10(3)15(9-2)11(16)12(4,5)13(6,7)14/h10H,8-9,14H2,1-7H3. The number of hydrogen-bond donors (Lipinski definition) is 1. The molecule has 3 heteroatoms. The van der Waals surface area contributed by atoms with Gasteiger partial charge in [0.15, 0.2) is 0 Å². The van der Waals surface area contributed by atoms with Crippen molar-refractivity contribution < 1.29 is 4.79 Å². The Morgan fingerprint density at radius 2 is 1.69 bits per heavy atom. The van der Waals surface area contributed by atoms with Gasteiger partial charge < -0.3 is 10.6 Å². The first-order valence-electron chi connectivity index (χ1n) is 6.19. The van der Waals surface area contributed by atoms with Crippen molar-refractivity contribution in [3.8, 4) is 0 Å². The van der Waals surface area contributed by atoms with Crippen LogP contribution in [0.1, 0.15) is 54.9 Å². The summed E-state index contributed by atoms with van der Waals surface area (Å²) in [7, 11) is 0. The van der Waals surface area contributed by atoms with Gasteiger partial charge in [-0.25, -0.2) is 0 Å². The lowest BCUT2D eigenvalue weighted by molar-refractivity contribution is -0.145. The molecule has 0 aromatic carbocycles. The third-order valence-corrected chi connectivity index (χ3v) is 3.87. The van der Waals surface area contributed by atoms with Crippen LogP contribution in [0.2, 0.25) is 0 Å². The summed E-state index contributed by atoms with van der Waals surface area (Å²) in [5, 5.41) is 0. The molecule has 0 aliphatic carbocycles. The molecule has 2 N–H and O–H groups in total. The SMILES string of the molecule is CCC(C)N(CC)C(=O)C(C)(C)C(C)(C)N. The second-order valence-electron chi connectivity index (χ2n) is 5.70. The van der Waals surface area contributed by atoms with Gasteiger partial charge in [0, 0.05) is 18.1 Å². The minimum atomic E-state index is -0.535. The average Bonchev–Trinajstić information content (AvgIpc) is 2.16. The molecule has 0 saturated carbocycles. The fourth-order valence-corrected chi connectivity index (χ4v) is 1.51. The molecule has 0 heterocycles. The first kappa shape index (κ1) is 15.4. The molecule has 0 bridgehead atoms. The highest BCUT2D eigenvalue weighted by Crippen LogP contribution is 2.31. The van der Waals surface area contributed by atoms with E-state index in [1.54, 1.807) is 0 Å². The van der Waals surface area contributed by atoms with Crippen molar-refractivity contribution in [2.75, 3.05) is 6.54 Å². The zero-order chi connectivity index (χ0) is 13.1. The van der Waals surface area contributed by atoms with Crippen molar-refractivity contribution in [1.82, 2.24) is 4.90 Å². The molecule has 96 valence electrons. The fraction of sp³-hybridized carbons (Fsp3) is 0.923. The van der Waals surface area contributed by atoms with E-state index in [1.165, 1.54) is 0 Å². The Morgan fingerprint density at radius 1 is 1.25 bits per heavy atom. The molecule has 1 atom stereocenters. The van der Waals surface area contributed by atoms with Crippen LogP contribution in [0.4, 0.5) is 0 Å². The molecule has 3 nitrogen and oxygen atoms in total. The Hall–Kier alpha value is -0.570. The van der Waals surface area contributed by atoms with Crippen molar-refractivity contribution in [1.29, 1.82) is 0 Å². The van der Waals surface area contributed by atoms with E-state index in [-0.39, 0.29) is 11.9 Å². The first-order valence-corrected chi connectivity index (χ1v) is 6.19. The fourth-order valence-electron chi connectivity index (χ4n) is 1.51. The first-order chi connectivity index (χ1) is 7.09. The average molecular weight is 228 g/mol. The van der Waals surface area contributed by atoms with Crippen molar-refractivity contribution in [2.24, 2.45) is 11.1 Å². The smallest absolute Gasteiger partial charge is 0.230 e. The maximum atomic E-state index is 12.5. The number of amides is 1. The minimum absolute atomic E-state index is 0.150. The van der Waals surface area contributed by atoms with Crippen molar-refractivity contribution in [3.05, 3.63) is 0 Å². The van der Waals surface area contributed by atoms with Crippen LogP contribution in [0.5, 0.6) is 0 Å². The number of carbonyl (C=O) groups is 1. The summed E-state index contributed by atoms with van der Waals surface area (Å²) in [5.74, 6) is 0.150. The van der Waals surface area contributed by atoms with E-state index in [9.17, 15) is 4.79 Å². The lowest BCUT2D eigenvalue weighted by atomic mass is 9.74. The normalized spacial score (nSPS) is 14.8. The van der Waals surface area contributed by atoms with Gasteiger partial charge in [-0.15, -0.1) is 0 Å². The van der Waals surface area contributed by atoms with Crippen LogP contribution in [-0.2, 0) is 4.79 Å². The summed E-state index contributed by atoms with van der Waals surface area (Å²) in [6, 6.07) is 0.277. The molecule has 1 amide bonds. The second-order valence-corrected chi connectivity index (χ2v) is 5.70. The van der Waals surface area contributed by atoms with Crippen LogP contribution in [0.15, 0.2) is 0 Å². The number of nitrogens with two attached hydrogens (primary N) is 1. The summed E-state index contributed by atoms with van der Waals surface area (Å²) in [4.78, 5) is 14.4. The van der Waals surface area contributed by atoms with Gasteiger partial charge in [-0.3, -0.25) is 4.79 Å². The predicted octanol–water partition coefficient (Wildman–Crippen LogP) is 2.40. The zero-order valence-corrected chi connectivity index (χ0v) is 11.9. The van der Waals surface area contributed by atoms with E-state index in [4.69, 9.17) is 5.73 Å². The molecule has 0 fully saturated rings. The van der Waals surface area contributed by atoms with Crippen LogP contribution >= 0.6 is 0 Å². The van der Waals surface area contributed by atoms with Crippen molar-refractivity contribution in [3.63, 3.8) is 0 Å². The van der Waals surface area contributed by atoms with Gasteiger partial charge >= 0.3 is 0 Å². The predicted molar refractivity (Wildman–Crippen MR) is 69.2 cm³/mol. The van der Waals surface area contributed by atoms with Crippen LogP contribution in [0.25, 0.3) is 0 Å². The third-order valence-electron chi connectivity index (χ3n) is 3.87. The minimum Gasteiger partial charge on any atom is -0.340 e. The summed E-state index contributed by atoms with van der Waals surface area (Å²) in [6.07, 6.45) is 0.973. The lowest BCUT2D eigenvalue weighted by Crippen LogP contribution is -2.57. The monoisotopic (exact) mass is 228 g/mol. The summed E-state index contributed by atoms with van der Waals surface area (Å²) in [5.41, 5.74) is 5.06. The highest BCUT2D eigenvalue weighted by Gasteiger charge is 2.43. The van der Waals surface area contributed by atoms with Gasteiger partial charge in [-0.05, 0) is 48.0 Å². The third kappa shape index (κ3) is 2.97. The molecule has 0 aromatic heterocycles. The quantitative estimate of drug-likeness (QED) is 0.785. The Bertz CT molecular complexity index is 241. The Labute approximate surface area is 100 Å². The van der Waals surface area contributed by atoms with Crippen LogP contribution in [0.3, 0.4) is 0 Å². The van der Waals surface area contributed by atoms with Gasteiger partial charge in [0.2, 0.25) is 5.91 Å². The highest BCUT2D eigenvalue weighted by molar-refractivity contribution is 5.83. The van der Waals surface area contributed by atoms with Crippen molar-refractivity contribution in [2.45, 2.75) is 66.5 Å². The van der Waals surface area contributed by atoms with Crippen molar-refractivity contribution >= 4 is 5.91 Å². The topological polar surface area (TPSA) is 46.3 Å². The zero-order valence-electron chi connectivity index (χ0n) is 11.9. The lowest BCUT2D eigenvalue weighted by Gasteiger charge is -2.42. The highest BCUT2D eigenvalue weighted by atomic mass is 16.2. The number of rotatable bonds is 5. The molecular weight excluding hydrogens is 200 g/mol. The number of carbonyl (C=O) groups excluding carboxylic acids is 1. The molecule has 0 radical (unpaired) electrons. The molecule has 0 spiro atoms. The molecule has 0 aliphatic rings. The Kier molecular flexibility index (Phi) is 4.99. The number of hydrogen-bond acceptors (Lipinski definition) is 2. The van der Waals surface area contributed by atoms with Crippen LogP contribution in [-0.4, -0.2) is 28.9 Å². The van der Waals surface area contributed by atoms with E-state index in [0.717, 1.165) is 13.0 Å². The van der Waals surface area contributed by atoms with E-state index in [2.05, 4.69) is 13.8 Å². The van der Waals surface area contributed by atoms with Gasteiger partial charge in [-0.2, -0.15) is 0 Å². The van der Waals surface area contributed by atoms with E-state index in [1.807, 2.05) is 39.5 Å². The molecule has 16 heavy (non-hydrogen) atoms. The van der Waals surface area contributed by atoms with Gasteiger partial charge in [0.05, 0.1) is 5.41 Å². The largest absolute Gasteiger partial charge is 0.340 e. The van der Waals surface area contributed by atoms with E-state index in [0.29, 0.717) is 0 Å². The summed E-state index contributed by atoms with van der Waals surface area (Å²) in [6.45, 7) is 14.6. The maximum absolute atomic E-state index is 12.5. The van der Waals surface area contributed by atoms with Gasteiger partial charge in [-0.1, -0.05) is 6.92 Å². The Balaban J connectivity index is 5.03. The molecule has 0 aromatic rings. The molecular formula is C13H28N2O. The molecule has 0 rings (SSSR count). The van der Waals surface area contributed by atoms with Gasteiger partial charge in [0.25, 0.3) is 0 Å².